The Morgan fingerprint density at radius 2 is 2.37 bits per heavy atom. The summed E-state index contributed by atoms with van der Waals surface area (Å²) >= 11 is 11.6. The van der Waals surface area contributed by atoms with Gasteiger partial charge in [0.2, 0.25) is 0 Å². The fraction of sp³-hybridized carbons (Fsp3) is 0.571. The molecule has 0 radical (unpaired) electrons. The molecular formula is C14H20BrClN2S. The molecule has 1 heterocycles. The number of benzene rings is 1. The van der Waals surface area contributed by atoms with Crippen LogP contribution in [0.1, 0.15) is 24.9 Å². The van der Waals surface area contributed by atoms with Gasteiger partial charge in [-0.3, -0.25) is 4.90 Å². The monoisotopic (exact) mass is 362 g/mol. The van der Waals surface area contributed by atoms with Gasteiger partial charge in [-0.05, 0) is 40.0 Å². The quantitative estimate of drug-likeness (QED) is 0.879. The topological polar surface area (TPSA) is 29.3 Å². The lowest BCUT2D eigenvalue weighted by Crippen LogP contribution is -2.42. The molecule has 19 heavy (non-hydrogen) atoms. The smallest absolute Gasteiger partial charge is 0.0548 e. The van der Waals surface area contributed by atoms with Gasteiger partial charge in [0.15, 0.2) is 0 Å². The van der Waals surface area contributed by atoms with Gasteiger partial charge in [0.1, 0.15) is 0 Å². The first kappa shape index (κ1) is 15.6. The molecular weight excluding hydrogens is 344 g/mol. The number of halogens is 2. The molecule has 1 aromatic carbocycles. The van der Waals surface area contributed by atoms with Crippen molar-refractivity contribution in [1.29, 1.82) is 0 Å². The number of nitrogens with two attached hydrogens (primary N) is 1. The third kappa shape index (κ3) is 3.88. The summed E-state index contributed by atoms with van der Waals surface area (Å²) in [5, 5.41) is 1.48. The summed E-state index contributed by atoms with van der Waals surface area (Å²) in [7, 11) is 0. The lowest BCUT2D eigenvalue weighted by atomic mass is 10.0. The van der Waals surface area contributed by atoms with Crippen LogP contribution in [-0.4, -0.2) is 35.5 Å². The summed E-state index contributed by atoms with van der Waals surface area (Å²) < 4.78 is 0.948. The summed E-state index contributed by atoms with van der Waals surface area (Å²) in [5.74, 6) is 1.20. The van der Waals surface area contributed by atoms with E-state index in [0.29, 0.717) is 12.6 Å². The summed E-state index contributed by atoms with van der Waals surface area (Å²) in [5.41, 5.74) is 7.26. The van der Waals surface area contributed by atoms with Crippen molar-refractivity contribution in [3.05, 3.63) is 33.3 Å². The second kappa shape index (κ2) is 7.32. The molecule has 0 bridgehead atoms. The zero-order valence-corrected chi connectivity index (χ0v) is 14.3. The number of hydrogen-bond donors (Lipinski definition) is 1. The maximum absolute atomic E-state index is 6.06. The van der Waals surface area contributed by atoms with Crippen molar-refractivity contribution in [2.45, 2.75) is 24.6 Å². The first-order valence-electron chi connectivity index (χ1n) is 6.66. The lowest BCUT2D eigenvalue weighted by Gasteiger charge is -2.37. The van der Waals surface area contributed by atoms with Crippen LogP contribution in [0.25, 0.3) is 0 Å². The largest absolute Gasteiger partial charge is 0.329 e. The minimum atomic E-state index is 0.295. The molecule has 1 aliphatic rings. The van der Waals surface area contributed by atoms with Crippen LogP contribution in [0.3, 0.4) is 0 Å². The molecule has 106 valence electrons. The Labute approximate surface area is 133 Å². The van der Waals surface area contributed by atoms with E-state index in [1.54, 1.807) is 0 Å². The number of hydrogen-bond acceptors (Lipinski definition) is 3. The Morgan fingerprint density at radius 1 is 1.58 bits per heavy atom. The standard InChI is InChI=1S/C14H20BrClN2S/c1-2-11-9-18(5-6-19-11)14(8-17)10-3-4-13(16)12(15)7-10/h3-4,7,11,14H,2,5-6,8-9,17H2,1H3. The average Bonchev–Trinajstić information content (AvgIpc) is 2.44. The van der Waals surface area contributed by atoms with E-state index in [2.05, 4.69) is 51.6 Å². The Bertz CT molecular complexity index is 430. The van der Waals surface area contributed by atoms with Crippen LogP contribution < -0.4 is 5.73 Å². The molecule has 5 heteroatoms. The molecule has 1 aliphatic heterocycles. The van der Waals surface area contributed by atoms with Gasteiger partial charge in [-0.1, -0.05) is 24.6 Å². The highest BCUT2D eigenvalue weighted by Crippen LogP contribution is 2.31. The second-order valence-corrected chi connectivity index (χ2v) is 7.49. The number of thioether (sulfide) groups is 1. The molecule has 1 fully saturated rings. The maximum Gasteiger partial charge on any atom is 0.0548 e. The number of rotatable bonds is 4. The van der Waals surface area contributed by atoms with Gasteiger partial charge in [-0.2, -0.15) is 11.8 Å². The van der Waals surface area contributed by atoms with Crippen LogP contribution in [0.5, 0.6) is 0 Å². The zero-order valence-electron chi connectivity index (χ0n) is 11.1. The summed E-state index contributed by atoms with van der Waals surface area (Å²) in [6.07, 6.45) is 1.22. The van der Waals surface area contributed by atoms with Crippen molar-refractivity contribution in [3.8, 4) is 0 Å². The molecule has 2 unspecified atom stereocenters. The van der Waals surface area contributed by atoms with E-state index in [1.165, 1.54) is 17.7 Å². The van der Waals surface area contributed by atoms with Crippen molar-refractivity contribution >= 4 is 39.3 Å². The van der Waals surface area contributed by atoms with Gasteiger partial charge in [-0.15, -0.1) is 0 Å². The molecule has 1 saturated heterocycles. The Hall–Kier alpha value is 0.260. The van der Waals surface area contributed by atoms with Gasteiger partial charge in [0.05, 0.1) is 5.02 Å². The van der Waals surface area contributed by atoms with Crippen LogP contribution in [0.4, 0.5) is 0 Å². The average molecular weight is 364 g/mol. The van der Waals surface area contributed by atoms with Gasteiger partial charge in [0.25, 0.3) is 0 Å². The summed E-state index contributed by atoms with van der Waals surface area (Å²) in [4.78, 5) is 2.51. The number of nitrogens with zero attached hydrogens (tertiary/aromatic N) is 1. The van der Waals surface area contributed by atoms with E-state index < -0.39 is 0 Å². The van der Waals surface area contributed by atoms with Gasteiger partial charge in [0, 0.05) is 41.2 Å². The highest BCUT2D eigenvalue weighted by Gasteiger charge is 2.25. The first-order valence-corrected chi connectivity index (χ1v) is 8.88. The minimum absolute atomic E-state index is 0.295. The normalized spacial score (nSPS) is 22.4. The third-order valence-corrected chi connectivity index (χ3v) is 6.20. The predicted octanol–water partition coefficient (Wildman–Crippen LogP) is 3.93. The highest BCUT2D eigenvalue weighted by molar-refractivity contribution is 9.10. The molecule has 0 saturated carbocycles. The van der Waals surface area contributed by atoms with E-state index in [4.69, 9.17) is 17.3 Å². The van der Waals surface area contributed by atoms with Crippen molar-refractivity contribution in [2.24, 2.45) is 5.73 Å². The first-order chi connectivity index (χ1) is 9.15. The summed E-state index contributed by atoms with van der Waals surface area (Å²) in [6.45, 7) is 5.15. The van der Waals surface area contributed by atoms with E-state index in [-0.39, 0.29) is 0 Å². The molecule has 0 aliphatic carbocycles. The second-order valence-electron chi connectivity index (χ2n) is 4.82. The van der Waals surface area contributed by atoms with Crippen molar-refractivity contribution in [2.75, 3.05) is 25.4 Å². The highest BCUT2D eigenvalue weighted by atomic mass is 79.9. The van der Waals surface area contributed by atoms with Crippen molar-refractivity contribution in [1.82, 2.24) is 4.90 Å². The van der Waals surface area contributed by atoms with E-state index in [1.807, 2.05) is 6.07 Å². The van der Waals surface area contributed by atoms with Crippen LogP contribution in [0, 0.1) is 0 Å². The van der Waals surface area contributed by atoms with Crippen LogP contribution in [0.2, 0.25) is 5.02 Å². The predicted molar refractivity (Wildman–Crippen MR) is 89.1 cm³/mol. The third-order valence-electron chi connectivity index (χ3n) is 3.62. The van der Waals surface area contributed by atoms with E-state index >= 15 is 0 Å². The van der Waals surface area contributed by atoms with Crippen LogP contribution in [-0.2, 0) is 0 Å². The Morgan fingerprint density at radius 3 is 3.00 bits per heavy atom. The van der Waals surface area contributed by atoms with Crippen LogP contribution in [0.15, 0.2) is 22.7 Å². The summed E-state index contributed by atoms with van der Waals surface area (Å²) in [6, 6.07) is 6.43. The Kier molecular flexibility index (Phi) is 6.03. The molecule has 2 N–H and O–H groups in total. The molecule has 2 atom stereocenters. The maximum atomic E-state index is 6.06. The van der Waals surface area contributed by atoms with Gasteiger partial charge >= 0.3 is 0 Å². The molecule has 0 amide bonds. The van der Waals surface area contributed by atoms with Crippen LogP contribution >= 0.6 is 39.3 Å². The van der Waals surface area contributed by atoms with E-state index in [0.717, 1.165) is 27.8 Å². The molecule has 0 aromatic heterocycles. The van der Waals surface area contributed by atoms with Gasteiger partial charge in [-0.25, -0.2) is 0 Å². The lowest BCUT2D eigenvalue weighted by molar-refractivity contribution is 0.207. The fourth-order valence-electron chi connectivity index (χ4n) is 2.49. The fourth-order valence-corrected chi connectivity index (χ4v) is 4.21. The molecule has 2 rings (SSSR count). The van der Waals surface area contributed by atoms with E-state index in [9.17, 15) is 0 Å². The van der Waals surface area contributed by atoms with Crippen molar-refractivity contribution in [3.63, 3.8) is 0 Å². The van der Waals surface area contributed by atoms with Gasteiger partial charge < -0.3 is 5.73 Å². The SMILES string of the molecule is CCC1CN(C(CN)c2ccc(Cl)c(Br)c2)CCS1. The molecule has 0 spiro atoms. The Balaban J connectivity index is 2.16. The molecule has 1 aromatic rings. The minimum Gasteiger partial charge on any atom is -0.329 e. The van der Waals surface area contributed by atoms with Crippen molar-refractivity contribution < 1.29 is 0 Å². The zero-order chi connectivity index (χ0) is 13.8. The molecule has 2 nitrogen and oxygen atoms in total.